The van der Waals surface area contributed by atoms with Crippen LogP contribution in [0.5, 0.6) is 0 Å². The third kappa shape index (κ3) is 7.91. The zero-order valence-corrected chi connectivity index (χ0v) is 19.8. The molecule has 0 bridgehead atoms. The molecule has 6 N–H and O–H groups in total. The number of hydrogen-bond acceptors (Lipinski definition) is 4. The summed E-state index contributed by atoms with van der Waals surface area (Å²) in [6, 6.07) is 34.0. The van der Waals surface area contributed by atoms with Crippen molar-refractivity contribution in [3.05, 3.63) is 120 Å². The van der Waals surface area contributed by atoms with E-state index in [9.17, 15) is 9.59 Å². The topological polar surface area (TPSA) is 127 Å². The first kappa shape index (κ1) is 26.3. The Morgan fingerprint density at radius 3 is 1.06 bits per heavy atom. The first-order valence-corrected chi connectivity index (χ1v) is 11.6. The van der Waals surface area contributed by atoms with Gasteiger partial charge in [0, 0.05) is 0 Å². The summed E-state index contributed by atoms with van der Waals surface area (Å²) in [6.45, 7) is 0. The minimum absolute atomic E-state index is 0.352. The van der Waals surface area contributed by atoms with Crippen molar-refractivity contribution < 1.29 is 19.8 Å². The van der Waals surface area contributed by atoms with Crippen LogP contribution in [0.2, 0.25) is 0 Å². The number of hydrogen-bond donors (Lipinski definition) is 4. The molecule has 0 aliphatic rings. The summed E-state index contributed by atoms with van der Waals surface area (Å²) in [7, 11) is 0. The van der Waals surface area contributed by atoms with E-state index in [1.54, 1.807) is 0 Å². The molecular formula is C30H30N2O4. The Bertz CT molecular complexity index is 1140. The lowest BCUT2D eigenvalue weighted by Gasteiger charge is -2.07. The van der Waals surface area contributed by atoms with Crippen LogP contribution in [0.4, 0.5) is 0 Å². The predicted molar refractivity (Wildman–Crippen MR) is 142 cm³/mol. The number of carboxylic acids is 2. The van der Waals surface area contributed by atoms with Crippen molar-refractivity contribution in [1.29, 1.82) is 0 Å². The van der Waals surface area contributed by atoms with Crippen LogP contribution in [0.3, 0.4) is 0 Å². The fourth-order valence-corrected chi connectivity index (χ4v) is 3.61. The second kappa shape index (κ2) is 13.0. The lowest BCUT2D eigenvalue weighted by Crippen LogP contribution is -2.32. The Hall–Kier alpha value is -4.26. The van der Waals surface area contributed by atoms with Gasteiger partial charge in [0.2, 0.25) is 0 Å². The third-order valence-electron chi connectivity index (χ3n) is 5.67. The van der Waals surface area contributed by atoms with Gasteiger partial charge in [-0.25, -0.2) is 0 Å². The van der Waals surface area contributed by atoms with Gasteiger partial charge in [-0.3, -0.25) is 9.59 Å². The fraction of sp³-hybridized carbons (Fsp3) is 0.133. The molecule has 0 aliphatic heterocycles. The average molecular weight is 483 g/mol. The molecule has 4 aromatic rings. The fourth-order valence-electron chi connectivity index (χ4n) is 3.61. The van der Waals surface area contributed by atoms with Crippen LogP contribution in [0, 0.1) is 0 Å². The smallest absolute Gasteiger partial charge is 0.320 e. The normalized spacial score (nSPS) is 12.1. The Morgan fingerprint density at radius 1 is 0.500 bits per heavy atom. The number of benzene rings is 4. The number of carbonyl (C=O) groups is 2. The summed E-state index contributed by atoms with van der Waals surface area (Å²) in [5.74, 6) is -1.94. The maximum Gasteiger partial charge on any atom is 0.320 e. The summed E-state index contributed by atoms with van der Waals surface area (Å²) in [5.41, 5.74) is 17.4. The van der Waals surface area contributed by atoms with Gasteiger partial charge >= 0.3 is 11.9 Å². The molecule has 2 atom stereocenters. The van der Waals surface area contributed by atoms with Crippen molar-refractivity contribution in [3.63, 3.8) is 0 Å². The van der Waals surface area contributed by atoms with Crippen molar-refractivity contribution in [2.24, 2.45) is 11.5 Å². The molecule has 0 heterocycles. The molecule has 184 valence electrons. The van der Waals surface area contributed by atoms with Gasteiger partial charge in [0.15, 0.2) is 0 Å². The van der Waals surface area contributed by atoms with Gasteiger partial charge in [0.1, 0.15) is 12.1 Å². The molecule has 4 rings (SSSR count). The maximum atomic E-state index is 10.7. The highest BCUT2D eigenvalue weighted by Crippen LogP contribution is 2.20. The van der Waals surface area contributed by atoms with E-state index < -0.39 is 24.0 Å². The molecule has 6 heteroatoms. The van der Waals surface area contributed by atoms with Crippen molar-refractivity contribution in [3.8, 4) is 22.3 Å². The summed E-state index contributed by atoms with van der Waals surface area (Å²) in [6.07, 6.45) is 0.703. The van der Waals surface area contributed by atoms with E-state index in [0.29, 0.717) is 12.8 Å². The zero-order chi connectivity index (χ0) is 25.9. The van der Waals surface area contributed by atoms with Crippen molar-refractivity contribution >= 4 is 11.9 Å². The van der Waals surface area contributed by atoms with Gasteiger partial charge in [-0.05, 0) is 46.2 Å². The first-order valence-electron chi connectivity index (χ1n) is 11.6. The summed E-state index contributed by atoms with van der Waals surface area (Å²) in [4.78, 5) is 21.3. The molecule has 0 spiro atoms. The van der Waals surface area contributed by atoms with Crippen LogP contribution in [0.15, 0.2) is 109 Å². The van der Waals surface area contributed by atoms with Gasteiger partial charge < -0.3 is 21.7 Å². The molecule has 0 fully saturated rings. The molecule has 6 nitrogen and oxygen atoms in total. The van der Waals surface area contributed by atoms with Gasteiger partial charge in [0.05, 0.1) is 0 Å². The maximum absolute atomic E-state index is 10.7. The van der Waals surface area contributed by atoms with Crippen molar-refractivity contribution in [2.45, 2.75) is 24.9 Å². The molecule has 0 saturated heterocycles. The molecule has 0 amide bonds. The largest absolute Gasteiger partial charge is 0.480 e. The molecular weight excluding hydrogens is 452 g/mol. The standard InChI is InChI=1S/2C15H15NO2/c2*16-14(15(17)18)10-11-6-8-13(9-7-11)12-4-2-1-3-5-12/h2*1-9,14H,10,16H2,(H,17,18)/t2*14-/m00/s1. The third-order valence-corrected chi connectivity index (χ3v) is 5.67. The monoisotopic (exact) mass is 482 g/mol. The molecule has 0 aromatic heterocycles. The number of aliphatic carboxylic acids is 2. The van der Waals surface area contributed by atoms with Crippen molar-refractivity contribution in [1.82, 2.24) is 0 Å². The van der Waals surface area contributed by atoms with Gasteiger partial charge in [0.25, 0.3) is 0 Å². The first-order chi connectivity index (χ1) is 17.3. The van der Waals surface area contributed by atoms with Crippen LogP contribution in [0.1, 0.15) is 11.1 Å². The lowest BCUT2D eigenvalue weighted by molar-refractivity contribution is -0.139. The molecule has 4 aromatic carbocycles. The highest BCUT2D eigenvalue weighted by Gasteiger charge is 2.12. The van der Waals surface area contributed by atoms with E-state index in [0.717, 1.165) is 33.4 Å². The minimum atomic E-state index is -0.970. The van der Waals surface area contributed by atoms with Crippen LogP contribution < -0.4 is 11.5 Å². The van der Waals surface area contributed by atoms with Gasteiger partial charge in [-0.1, -0.05) is 109 Å². The SMILES string of the molecule is N[C@@H](Cc1ccc(-c2ccccc2)cc1)C(=O)O.N[C@@H](Cc1ccc(-c2ccccc2)cc1)C(=O)O. The van der Waals surface area contributed by atoms with E-state index in [2.05, 4.69) is 0 Å². The second-order valence-corrected chi connectivity index (χ2v) is 8.42. The number of carboxylic acid groups (broad SMARTS) is 2. The van der Waals surface area contributed by atoms with E-state index >= 15 is 0 Å². The highest BCUT2D eigenvalue weighted by atomic mass is 16.4. The Kier molecular flexibility index (Phi) is 9.51. The molecule has 36 heavy (non-hydrogen) atoms. The summed E-state index contributed by atoms with van der Waals surface area (Å²) < 4.78 is 0. The highest BCUT2D eigenvalue weighted by molar-refractivity contribution is 5.74. The average Bonchev–Trinajstić information content (AvgIpc) is 2.91. The molecule has 0 unspecified atom stereocenters. The van der Waals surface area contributed by atoms with Crippen molar-refractivity contribution in [2.75, 3.05) is 0 Å². The Balaban J connectivity index is 0.000000201. The Labute approximate surface area is 210 Å². The molecule has 0 aliphatic carbocycles. The van der Waals surface area contributed by atoms with E-state index in [4.69, 9.17) is 21.7 Å². The second-order valence-electron chi connectivity index (χ2n) is 8.42. The molecule has 0 radical (unpaired) electrons. The zero-order valence-electron chi connectivity index (χ0n) is 19.8. The predicted octanol–water partition coefficient (Wildman–Crippen LogP) is 4.62. The van der Waals surface area contributed by atoms with Crippen LogP contribution in [-0.2, 0) is 22.4 Å². The van der Waals surface area contributed by atoms with Crippen LogP contribution in [-0.4, -0.2) is 34.2 Å². The quantitative estimate of drug-likeness (QED) is 0.290. The molecule has 0 saturated carbocycles. The van der Waals surface area contributed by atoms with Crippen LogP contribution in [0.25, 0.3) is 22.3 Å². The van der Waals surface area contributed by atoms with E-state index in [-0.39, 0.29) is 0 Å². The Morgan fingerprint density at radius 2 is 0.778 bits per heavy atom. The number of rotatable bonds is 8. The number of nitrogens with two attached hydrogens (primary N) is 2. The summed E-state index contributed by atoms with van der Waals surface area (Å²) >= 11 is 0. The minimum Gasteiger partial charge on any atom is -0.480 e. The van der Waals surface area contributed by atoms with Crippen LogP contribution >= 0.6 is 0 Å². The van der Waals surface area contributed by atoms with Gasteiger partial charge in [-0.2, -0.15) is 0 Å². The summed E-state index contributed by atoms with van der Waals surface area (Å²) in [5, 5.41) is 17.5. The lowest BCUT2D eigenvalue weighted by atomic mass is 10.0. The van der Waals surface area contributed by atoms with Gasteiger partial charge in [-0.15, -0.1) is 0 Å². The van der Waals surface area contributed by atoms with E-state index in [1.807, 2.05) is 109 Å². The van der Waals surface area contributed by atoms with E-state index in [1.165, 1.54) is 0 Å².